The number of para-hydroxylation sites is 1. The molecule has 1 N–H and O–H groups in total. The number of hydrogen-bond acceptors (Lipinski definition) is 3. The molecule has 0 fully saturated rings. The summed E-state index contributed by atoms with van der Waals surface area (Å²) in [5, 5.41) is 9.03. The van der Waals surface area contributed by atoms with E-state index in [1.54, 1.807) is 11.9 Å². The van der Waals surface area contributed by atoms with Gasteiger partial charge in [0.15, 0.2) is 0 Å². The first-order valence-electron chi connectivity index (χ1n) is 5.78. The van der Waals surface area contributed by atoms with Gasteiger partial charge in [-0.25, -0.2) is 9.18 Å². The maximum atomic E-state index is 13.7. The van der Waals surface area contributed by atoms with Crippen LogP contribution in [0.15, 0.2) is 18.2 Å². The van der Waals surface area contributed by atoms with E-state index < -0.39 is 11.8 Å². The second-order valence-electron chi connectivity index (χ2n) is 4.28. The zero-order chi connectivity index (χ0) is 13.7. The molecule has 0 aromatic heterocycles. The molecule has 4 nitrogen and oxygen atoms in total. The normalized spacial score (nSPS) is 10.7. The predicted molar refractivity (Wildman–Crippen MR) is 67.7 cm³/mol. The standard InChI is InChI=1S/C13H18FNO3/c1-9(2)18-8-7-15(3)12-10(13(16)17)5-4-6-11(12)14/h4-6,9H,7-8H2,1-3H3,(H,16,17). The smallest absolute Gasteiger partial charge is 0.337 e. The van der Waals surface area contributed by atoms with Gasteiger partial charge in [0.05, 0.1) is 24.0 Å². The van der Waals surface area contributed by atoms with E-state index in [0.29, 0.717) is 13.2 Å². The lowest BCUT2D eigenvalue weighted by atomic mass is 10.1. The van der Waals surface area contributed by atoms with E-state index in [1.807, 2.05) is 13.8 Å². The van der Waals surface area contributed by atoms with E-state index in [2.05, 4.69) is 0 Å². The lowest BCUT2D eigenvalue weighted by Crippen LogP contribution is -2.26. The number of nitrogens with zero attached hydrogens (tertiary/aromatic N) is 1. The van der Waals surface area contributed by atoms with Gasteiger partial charge in [-0.1, -0.05) is 6.07 Å². The number of anilines is 1. The molecule has 5 heteroatoms. The van der Waals surface area contributed by atoms with Crippen molar-refractivity contribution >= 4 is 11.7 Å². The molecule has 1 aromatic carbocycles. The Bertz CT molecular complexity index is 421. The van der Waals surface area contributed by atoms with Crippen LogP contribution in [0, 0.1) is 5.82 Å². The maximum Gasteiger partial charge on any atom is 0.337 e. The van der Waals surface area contributed by atoms with Crippen molar-refractivity contribution < 1.29 is 19.0 Å². The van der Waals surface area contributed by atoms with Crippen LogP contribution in [0.3, 0.4) is 0 Å². The molecule has 0 saturated carbocycles. The SMILES string of the molecule is CC(C)OCCN(C)c1c(F)cccc1C(=O)O. The van der Waals surface area contributed by atoms with Gasteiger partial charge in [-0.15, -0.1) is 0 Å². The Balaban J connectivity index is 2.84. The summed E-state index contributed by atoms with van der Waals surface area (Å²) in [4.78, 5) is 12.6. The molecule has 0 spiro atoms. The minimum absolute atomic E-state index is 0.0398. The molecule has 0 bridgehead atoms. The van der Waals surface area contributed by atoms with Crippen LogP contribution in [0.1, 0.15) is 24.2 Å². The van der Waals surface area contributed by atoms with Crippen molar-refractivity contribution in [2.24, 2.45) is 0 Å². The average molecular weight is 255 g/mol. The highest BCUT2D eigenvalue weighted by atomic mass is 19.1. The summed E-state index contributed by atoms with van der Waals surface area (Å²) in [7, 11) is 1.65. The maximum absolute atomic E-state index is 13.7. The zero-order valence-corrected chi connectivity index (χ0v) is 10.8. The van der Waals surface area contributed by atoms with E-state index in [1.165, 1.54) is 18.2 Å². The van der Waals surface area contributed by atoms with Crippen LogP contribution < -0.4 is 4.90 Å². The number of carboxylic acid groups (broad SMARTS) is 1. The molecule has 1 rings (SSSR count). The molecule has 0 saturated heterocycles. The Morgan fingerprint density at radius 2 is 2.17 bits per heavy atom. The molecule has 100 valence electrons. The van der Waals surface area contributed by atoms with Crippen molar-refractivity contribution in [3.8, 4) is 0 Å². The van der Waals surface area contributed by atoms with Gasteiger partial charge in [-0.2, -0.15) is 0 Å². The Kier molecular flexibility index (Phi) is 5.09. The lowest BCUT2D eigenvalue weighted by Gasteiger charge is -2.22. The first-order valence-corrected chi connectivity index (χ1v) is 5.78. The van der Waals surface area contributed by atoms with Crippen molar-refractivity contribution in [2.45, 2.75) is 20.0 Å². The number of carbonyl (C=O) groups is 1. The van der Waals surface area contributed by atoms with Crippen molar-refractivity contribution in [1.29, 1.82) is 0 Å². The summed E-state index contributed by atoms with van der Waals surface area (Å²) in [6.45, 7) is 4.67. The molecule has 0 aliphatic rings. The van der Waals surface area contributed by atoms with Crippen molar-refractivity contribution in [2.75, 3.05) is 25.1 Å². The molecular formula is C13H18FNO3. The van der Waals surface area contributed by atoms with E-state index in [-0.39, 0.29) is 17.4 Å². The fourth-order valence-electron chi connectivity index (χ4n) is 1.61. The predicted octanol–water partition coefficient (Wildman–Crippen LogP) is 2.39. The number of halogens is 1. The summed E-state index contributed by atoms with van der Waals surface area (Å²) < 4.78 is 19.1. The van der Waals surface area contributed by atoms with Gasteiger partial charge in [0.2, 0.25) is 0 Å². The first kappa shape index (κ1) is 14.4. The van der Waals surface area contributed by atoms with Crippen LogP contribution in [-0.2, 0) is 4.74 Å². The van der Waals surface area contributed by atoms with Gasteiger partial charge in [0.25, 0.3) is 0 Å². The fraction of sp³-hybridized carbons (Fsp3) is 0.462. The third-order valence-corrected chi connectivity index (χ3v) is 2.48. The summed E-state index contributed by atoms with van der Waals surface area (Å²) in [5.74, 6) is -1.68. The molecule has 0 radical (unpaired) electrons. The average Bonchev–Trinajstić information content (AvgIpc) is 2.27. The summed E-state index contributed by atoms with van der Waals surface area (Å²) in [6.07, 6.45) is 0.0953. The van der Waals surface area contributed by atoms with Gasteiger partial charge in [0.1, 0.15) is 5.82 Å². The van der Waals surface area contributed by atoms with Crippen molar-refractivity contribution in [3.05, 3.63) is 29.6 Å². The molecular weight excluding hydrogens is 237 g/mol. The third kappa shape index (κ3) is 3.70. The highest BCUT2D eigenvalue weighted by Crippen LogP contribution is 2.23. The fourth-order valence-corrected chi connectivity index (χ4v) is 1.61. The summed E-state index contributed by atoms with van der Waals surface area (Å²) >= 11 is 0. The van der Waals surface area contributed by atoms with Crippen LogP contribution in [0.25, 0.3) is 0 Å². The van der Waals surface area contributed by atoms with E-state index in [9.17, 15) is 9.18 Å². The van der Waals surface area contributed by atoms with Gasteiger partial charge >= 0.3 is 5.97 Å². The second-order valence-corrected chi connectivity index (χ2v) is 4.28. The highest BCUT2D eigenvalue weighted by Gasteiger charge is 2.17. The molecule has 0 amide bonds. The molecule has 0 heterocycles. The molecule has 1 aromatic rings. The highest BCUT2D eigenvalue weighted by molar-refractivity contribution is 5.94. The lowest BCUT2D eigenvalue weighted by molar-refractivity contribution is 0.0695. The molecule has 0 aliphatic carbocycles. The van der Waals surface area contributed by atoms with E-state index >= 15 is 0 Å². The Morgan fingerprint density at radius 3 is 2.72 bits per heavy atom. The number of hydrogen-bond donors (Lipinski definition) is 1. The van der Waals surface area contributed by atoms with Crippen molar-refractivity contribution in [1.82, 2.24) is 0 Å². The minimum Gasteiger partial charge on any atom is -0.478 e. The largest absolute Gasteiger partial charge is 0.478 e. The number of aromatic carboxylic acids is 1. The molecule has 0 unspecified atom stereocenters. The first-order chi connectivity index (χ1) is 8.43. The Hall–Kier alpha value is -1.62. The zero-order valence-electron chi connectivity index (χ0n) is 10.8. The van der Waals surface area contributed by atoms with Crippen molar-refractivity contribution in [3.63, 3.8) is 0 Å². The van der Waals surface area contributed by atoms with Crippen LogP contribution in [0.5, 0.6) is 0 Å². The number of likely N-dealkylation sites (N-methyl/N-ethyl adjacent to an activating group) is 1. The number of ether oxygens (including phenoxy) is 1. The van der Waals surface area contributed by atoms with Gasteiger partial charge in [-0.3, -0.25) is 0 Å². The topological polar surface area (TPSA) is 49.8 Å². The molecule has 0 aliphatic heterocycles. The third-order valence-electron chi connectivity index (χ3n) is 2.48. The van der Waals surface area contributed by atoms with Gasteiger partial charge in [-0.05, 0) is 26.0 Å². The molecule has 0 atom stereocenters. The molecule has 18 heavy (non-hydrogen) atoms. The monoisotopic (exact) mass is 255 g/mol. The quantitative estimate of drug-likeness (QED) is 0.848. The van der Waals surface area contributed by atoms with E-state index in [0.717, 1.165) is 0 Å². The Labute approximate surface area is 106 Å². The van der Waals surface area contributed by atoms with E-state index in [4.69, 9.17) is 9.84 Å². The van der Waals surface area contributed by atoms with Gasteiger partial charge in [0, 0.05) is 13.6 Å². The Morgan fingerprint density at radius 1 is 1.50 bits per heavy atom. The van der Waals surface area contributed by atoms with Crippen LogP contribution >= 0.6 is 0 Å². The number of carboxylic acids is 1. The van der Waals surface area contributed by atoms with Crippen LogP contribution in [-0.4, -0.2) is 37.4 Å². The number of rotatable bonds is 6. The van der Waals surface area contributed by atoms with Crippen LogP contribution in [0.4, 0.5) is 10.1 Å². The minimum atomic E-state index is -1.14. The number of benzene rings is 1. The second kappa shape index (κ2) is 6.35. The summed E-state index contributed by atoms with van der Waals surface area (Å²) in [5.41, 5.74) is 0.0550. The summed E-state index contributed by atoms with van der Waals surface area (Å²) in [6, 6.07) is 4.03. The van der Waals surface area contributed by atoms with Gasteiger partial charge < -0.3 is 14.7 Å². The van der Waals surface area contributed by atoms with Crippen LogP contribution in [0.2, 0.25) is 0 Å².